The lowest BCUT2D eigenvalue weighted by Crippen LogP contribution is -2.58. The van der Waals surface area contributed by atoms with Crippen LogP contribution < -0.4 is 15.9 Å². The lowest BCUT2D eigenvalue weighted by Gasteiger charge is -2.44. The van der Waals surface area contributed by atoms with Crippen LogP contribution in [0, 0.1) is 5.92 Å². The number of nitrogens with two attached hydrogens (primary N) is 1. The molecule has 2 bridgehead atoms. The highest BCUT2D eigenvalue weighted by Gasteiger charge is 2.53. The highest BCUT2D eigenvalue weighted by molar-refractivity contribution is 6.62. The molecular formula is C28H41BN2O7. The zero-order chi connectivity index (χ0) is 27.6. The van der Waals surface area contributed by atoms with Gasteiger partial charge in [0.1, 0.15) is 17.1 Å². The van der Waals surface area contributed by atoms with Crippen LogP contribution in [-0.2, 0) is 30.0 Å². The lowest BCUT2D eigenvalue weighted by molar-refractivity contribution is -0.161. The molecule has 3 saturated heterocycles. The summed E-state index contributed by atoms with van der Waals surface area (Å²) in [6.07, 6.45) is 1.71. The Hall–Kier alpha value is -2.30. The first-order valence-electron chi connectivity index (χ1n) is 13.7. The highest BCUT2D eigenvalue weighted by atomic mass is 16.7. The second-order valence-electron chi connectivity index (χ2n) is 13.2. The van der Waals surface area contributed by atoms with Crippen LogP contribution in [0.2, 0.25) is 0 Å². The number of ketones is 1. The maximum atomic E-state index is 13.3. The Morgan fingerprint density at radius 1 is 1.13 bits per heavy atom. The summed E-state index contributed by atoms with van der Waals surface area (Å²) in [7, 11) is -0.630. The number of amides is 1. The van der Waals surface area contributed by atoms with Crippen molar-refractivity contribution in [2.45, 2.75) is 109 Å². The van der Waals surface area contributed by atoms with Gasteiger partial charge in [-0.3, -0.25) is 4.79 Å². The molecule has 3 unspecified atom stereocenters. The van der Waals surface area contributed by atoms with Crippen LogP contribution >= 0.6 is 0 Å². The summed E-state index contributed by atoms with van der Waals surface area (Å²) in [6.45, 7) is 14.2. The first-order valence-corrected chi connectivity index (χ1v) is 13.7. The average Bonchev–Trinajstić information content (AvgIpc) is 3.56. The van der Waals surface area contributed by atoms with E-state index in [0.29, 0.717) is 30.9 Å². The topological polar surface area (TPSA) is 110 Å². The van der Waals surface area contributed by atoms with Crippen molar-refractivity contribution in [3.05, 3.63) is 17.7 Å². The quantitative estimate of drug-likeness (QED) is 0.458. The first-order chi connectivity index (χ1) is 17.6. The Bertz CT molecular complexity index is 1100. The summed E-state index contributed by atoms with van der Waals surface area (Å²) in [5.74, 6) is 0.306. The number of ether oxygens (including phenoxy) is 3. The third-order valence-electron chi connectivity index (χ3n) is 8.17. The maximum absolute atomic E-state index is 13.3. The number of morpholine rings is 1. The minimum Gasteiger partial charge on any atom is -0.488 e. The molecule has 2 N–H and O–H groups in total. The van der Waals surface area contributed by atoms with Gasteiger partial charge in [-0.15, -0.1) is 0 Å². The normalized spacial score (nSPS) is 28.4. The zero-order valence-corrected chi connectivity index (χ0v) is 23.7. The van der Waals surface area contributed by atoms with Crippen LogP contribution in [0.5, 0.6) is 5.75 Å². The van der Waals surface area contributed by atoms with Gasteiger partial charge in [0.15, 0.2) is 0 Å². The molecule has 4 aliphatic rings. The molecular weight excluding hydrogens is 487 g/mol. The number of carbonyl (C=O) groups is 2. The lowest BCUT2D eigenvalue weighted by atomic mass is 9.72. The van der Waals surface area contributed by atoms with Crippen molar-refractivity contribution in [1.82, 2.24) is 4.90 Å². The molecule has 3 aliphatic heterocycles. The average molecular weight is 528 g/mol. The number of nitrogen functional groups attached to an aromatic ring is 1. The van der Waals surface area contributed by atoms with E-state index in [0.717, 1.165) is 23.9 Å². The van der Waals surface area contributed by atoms with Gasteiger partial charge in [-0.2, -0.15) is 0 Å². The molecule has 5 rings (SSSR count). The van der Waals surface area contributed by atoms with Crippen molar-refractivity contribution in [2.24, 2.45) is 5.92 Å². The molecule has 4 fully saturated rings. The molecule has 3 atom stereocenters. The largest absolute Gasteiger partial charge is 0.495 e. The molecule has 208 valence electrons. The van der Waals surface area contributed by atoms with E-state index in [2.05, 4.69) is 0 Å². The van der Waals surface area contributed by atoms with Crippen molar-refractivity contribution < 1.29 is 33.1 Å². The number of likely N-dealkylation sites (tertiary alicyclic amines) is 1. The Balaban J connectivity index is 1.42. The third kappa shape index (κ3) is 5.54. The fourth-order valence-corrected chi connectivity index (χ4v) is 5.24. The van der Waals surface area contributed by atoms with Crippen LogP contribution in [0.1, 0.15) is 73.3 Å². The number of nitrogens with zero attached hydrogens (tertiary/aromatic N) is 1. The maximum Gasteiger partial charge on any atom is 0.495 e. The highest BCUT2D eigenvalue weighted by Crippen LogP contribution is 2.39. The summed E-state index contributed by atoms with van der Waals surface area (Å²) < 4.78 is 30.7. The second kappa shape index (κ2) is 9.42. The van der Waals surface area contributed by atoms with Crippen LogP contribution in [0.25, 0.3) is 0 Å². The number of benzene rings is 1. The number of hydrogen-bond acceptors (Lipinski definition) is 8. The smallest absolute Gasteiger partial charge is 0.488 e. The van der Waals surface area contributed by atoms with E-state index in [1.54, 1.807) is 4.90 Å². The van der Waals surface area contributed by atoms with Crippen molar-refractivity contribution in [1.29, 1.82) is 0 Å². The van der Waals surface area contributed by atoms with E-state index in [4.69, 9.17) is 29.3 Å². The first kappa shape index (κ1) is 27.3. The zero-order valence-electron chi connectivity index (χ0n) is 23.7. The Labute approximate surface area is 225 Å². The standard InChI is InChI=1S/C28H41BN2O7/c1-26(2,3)36-25(33)31-14-18-12-22(32)19(24(15-31)35-18)10-16-11-21(30)23(34-17-8-9-17)13-20(16)29-37-27(4,5)28(6,7)38-29/h11,13,17-19,24H,8-10,12,14-15,30H2,1-7H3. The van der Waals surface area contributed by atoms with Gasteiger partial charge in [0.25, 0.3) is 0 Å². The number of Topliss-reactive ketones (excluding diaryl/α,β-unsaturated/α-hetero) is 1. The van der Waals surface area contributed by atoms with Crippen molar-refractivity contribution in [3.63, 3.8) is 0 Å². The van der Waals surface area contributed by atoms with E-state index < -0.39 is 35.9 Å². The molecule has 0 aromatic heterocycles. The van der Waals surface area contributed by atoms with Crippen LogP contribution in [0.3, 0.4) is 0 Å². The van der Waals surface area contributed by atoms with E-state index in [-0.39, 0.29) is 30.5 Å². The minimum atomic E-state index is -0.630. The van der Waals surface area contributed by atoms with E-state index in [9.17, 15) is 9.59 Å². The van der Waals surface area contributed by atoms with Gasteiger partial charge in [-0.25, -0.2) is 4.79 Å². The predicted molar refractivity (Wildman–Crippen MR) is 144 cm³/mol. The molecule has 0 spiro atoms. The summed E-state index contributed by atoms with van der Waals surface area (Å²) in [5, 5.41) is 0. The SMILES string of the molecule is CC(C)(C)OC(=O)N1CC2CC(=O)C(Cc3cc(N)c(OC4CC4)cc3B3OC(C)(C)C(C)(C)O3)C(C1)O2. The Kier molecular flexibility index (Phi) is 6.76. The summed E-state index contributed by atoms with van der Waals surface area (Å²) in [6, 6.07) is 3.79. The van der Waals surface area contributed by atoms with Crippen LogP contribution in [-0.4, -0.2) is 72.1 Å². The molecule has 1 aliphatic carbocycles. The van der Waals surface area contributed by atoms with Gasteiger partial charge in [0, 0.05) is 12.3 Å². The van der Waals surface area contributed by atoms with Gasteiger partial charge >= 0.3 is 13.2 Å². The minimum absolute atomic E-state index is 0.131. The molecule has 3 heterocycles. The summed E-state index contributed by atoms with van der Waals surface area (Å²) in [5.41, 5.74) is 6.98. The van der Waals surface area contributed by atoms with Gasteiger partial charge < -0.3 is 34.2 Å². The molecule has 38 heavy (non-hydrogen) atoms. The number of anilines is 1. The Morgan fingerprint density at radius 2 is 1.79 bits per heavy atom. The number of fused-ring (bicyclic) bond motifs is 2. The van der Waals surface area contributed by atoms with Crippen LogP contribution in [0.15, 0.2) is 12.1 Å². The molecule has 10 heteroatoms. The van der Waals surface area contributed by atoms with Crippen LogP contribution in [0.4, 0.5) is 10.5 Å². The number of rotatable bonds is 5. The van der Waals surface area contributed by atoms with Gasteiger partial charge in [-0.05, 0) is 90.9 Å². The number of carbonyl (C=O) groups excluding carboxylic acids is 2. The van der Waals surface area contributed by atoms with Gasteiger partial charge in [0.05, 0.1) is 48.3 Å². The molecule has 0 radical (unpaired) electrons. The third-order valence-corrected chi connectivity index (χ3v) is 8.17. The number of hydrogen-bond donors (Lipinski definition) is 1. The van der Waals surface area contributed by atoms with E-state index in [1.165, 1.54) is 0 Å². The predicted octanol–water partition coefficient (Wildman–Crippen LogP) is 3.25. The van der Waals surface area contributed by atoms with Crippen molar-refractivity contribution in [2.75, 3.05) is 18.8 Å². The molecule has 9 nitrogen and oxygen atoms in total. The Morgan fingerprint density at radius 3 is 2.39 bits per heavy atom. The fraction of sp³-hybridized carbons (Fsp3) is 0.714. The van der Waals surface area contributed by atoms with Crippen molar-refractivity contribution in [3.8, 4) is 5.75 Å². The summed E-state index contributed by atoms with van der Waals surface area (Å²) >= 11 is 0. The molecule has 1 amide bonds. The molecule has 1 saturated carbocycles. The fourth-order valence-electron chi connectivity index (χ4n) is 5.24. The second-order valence-corrected chi connectivity index (χ2v) is 13.2. The van der Waals surface area contributed by atoms with Gasteiger partial charge in [-0.1, -0.05) is 0 Å². The van der Waals surface area contributed by atoms with Crippen molar-refractivity contribution >= 4 is 30.1 Å². The summed E-state index contributed by atoms with van der Waals surface area (Å²) in [4.78, 5) is 27.8. The van der Waals surface area contributed by atoms with E-state index in [1.807, 2.05) is 60.6 Å². The molecule has 1 aromatic rings. The molecule has 1 aromatic carbocycles. The van der Waals surface area contributed by atoms with E-state index >= 15 is 0 Å². The van der Waals surface area contributed by atoms with Gasteiger partial charge in [0.2, 0.25) is 0 Å². The monoisotopic (exact) mass is 528 g/mol.